The van der Waals surface area contributed by atoms with Gasteiger partial charge in [-0.15, -0.1) is 0 Å². The molecule has 0 unspecified atom stereocenters. The standard InChI is InChI=1S/C14H12ClF3N2/c15-11-5-8(1-3-12(11)16)7-20-13-4-2-9(19)6-10(13)14(17)18/h1-6,14,20H,7,19H2. The van der Waals surface area contributed by atoms with E-state index >= 15 is 0 Å². The molecule has 20 heavy (non-hydrogen) atoms. The van der Waals surface area contributed by atoms with Gasteiger partial charge in [-0.3, -0.25) is 0 Å². The lowest BCUT2D eigenvalue weighted by molar-refractivity contribution is 0.152. The van der Waals surface area contributed by atoms with Crippen LogP contribution in [-0.2, 0) is 6.54 Å². The zero-order valence-electron chi connectivity index (χ0n) is 10.3. The van der Waals surface area contributed by atoms with Gasteiger partial charge in [0.25, 0.3) is 6.43 Å². The second-order valence-corrected chi connectivity index (χ2v) is 4.66. The highest BCUT2D eigenvalue weighted by Crippen LogP contribution is 2.29. The fourth-order valence-electron chi connectivity index (χ4n) is 1.77. The van der Waals surface area contributed by atoms with Crippen molar-refractivity contribution < 1.29 is 13.2 Å². The van der Waals surface area contributed by atoms with E-state index in [0.717, 1.165) is 0 Å². The van der Waals surface area contributed by atoms with E-state index in [2.05, 4.69) is 5.32 Å². The van der Waals surface area contributed by atoms with Crippen molar-refractivity contribution in [1.29, 1.82) is 0 Å². The Balaban J connectivity index is 2.16. The maximum atomic E-state index is 13.0. The molecule has 0 heterocycles. The van der Waals surface area contributed by atoms with E-state index in [1.54, 1.807) is 0 Å². The third-order valence-corrected chi connectivity index (χ3v) is 3.07. The van der Waals surface area contributed by atoms with Gasteiger partial charge < -0.3 is 11.1 Å². The maximum absolute atomic E-state index is 13.0. The van der Waals surface area contributed by atoms with Gasteiger partial charge in [0, 0.05) is 23.5 Å². The predicted molar refractivity (Wildman–Crippen MR) is 74.5 cm³/mol. The molecule has 0 fully saturated rings. The summed E-state index contributed by atoms with van der Waals surface area (Å²) in [5.74, 6) is -0.517. The Hall–Kier alpha value is -1.88. The zero-order chi connectivity index (χ0) is 14.7. The minimum absolute atomic E-state index is 0.00399. The van der Waals surface area contributed by atoms with Gasteiger partial charge in [0.1, 0.15) is 5.82 Å². The van der Waals surface area contributed by atoms with Crippen molar-refractivity contribution in [3.05, 3.63) is 58.4 Å². The first-order valence-electron chi connectivity index (χ1n) is 5.82. The van der Waals surface area contributed by atoms with Crippen molar-refractivity contribution in [2.45, 2.75) is 13.0 Å². The number of hydrogen-bond donors (Lipinski definition) is 2. The van der Waals surface area contributed by atoms with Gasteiger partial charge in [0.05, 0.1) is 5.02 Å². The van der Waals surface area contributed by atoms with E-state index in [1.165, 1.54) is 36.4 Å². The average Bonchev–Trinajstić information content (AvgIpc) is 2.41. The second kappa shape index (κ2) is 6.05. The van der Waals surface area contributed by atoms with Crippen molar-refractivity contribution in [3.63, 3.8) is 0 Å². The summed E-state index contributed by atoms with van der Waals surface area (Å²) in [4.78, 5) is 0. The Morgan fingerprint density at radius 3 is 2.55 bits per heavy atom. The first-order chi connectivity index (χ1) is 9.47. The number of hydrogen-bond acceptors (Lipinski definition) is 2. The summed E-state index contributed by atoms with van der Waals surface area (Å²) in [6.45, 7) is 0.254. The van der Waals surface area contributed by atoms with E-state index in [1.807, 2.05) is 0 Å². The van der Waals surface area contributed by atoms with Crippen LogP contribution in [0.1, 0.15) is 17.6 Å². The normalized spacial score (nSPS) is 10.8. The number of nitrogen functional groups attached to an aromatic ring is 1. The SMILES string of the molecule is Nc1ccc(NCc2ccc(F)c(Cl)c2)c(C(F)F)c1. The summed E-state index contributed by atoms with van der Waals surface area (Å²) >= 11 is 5.66. The molecule has 6 heteroatoms. The molecule has 0 amide bonds. The minimum atomic E-state index is -2.63. The number of anilines is 2. The Morgan fingerprint density at radius 2 is 1.90 bits per heavy atom. The van der Waals surface area contributed by atoms with Crippen molar-refractivity contribution >= 4 is 23.0 Å². The van der Waals surface area contributed by atoms with Gasteiger partial charge in [0.15, 0.2) is 0 Å². The molecule has 2 rings (SSSR count). The highest BCUT2D eigenvalue weighted by atomic mass is 35.5. The molecule has 2 nitrogen and oxygen atoms in total. The van der Waals surface area contributed by atoms with E-state index < -0.39 is 12.2 Å². The topological polar surface area (TPSA) is 38.0 Å². The second-order valence-electron chi connectivity index (χ2n) is 4.25. The van der Waals surface area contributed by atoms with Crippen molar-refractivity contribution in [3.8, 4) is 0 Å². The Bertz CT molecular complexity index is 617. The molecule has 0 aliphatic heterocycles. The quantitative estimate of drug-likeness (QED) is 0.809. The minimum Gasteiger partial charge on any atom is -0.399 e. The zero-order valence-corrected chi connectivity index (χ0v) is 11.1. The molecule has 3 N–H and O–H groups in total. The van der Waals surface area contributed by atoms with Crippen LogP contribution < -0.4 is 11.1 Å². The number of nitrogens with two attached hydrogens (primary N) is 1. The van der Waals surface area contributed by atoms with Crippen LogP contribution in [0.4, 0.5) is 24.5 Å². The van der Waals surface area contributed by atoms with Crippen LogP contribution in [0.25, 0.3) is 0 Å². The third kappa shape index (κ3) is 3.36. The number of rotatable bonds is 4. The monoisotopic (exact) mass is 300 g/mol. The molecule has 0 spiro atoms. The molecule has 2 aromatic rings. The molecule has 106 valence electrons. The molecule has 2 aromatic carbocycles. The summed E-state index contributed by atoms with van der Waals surface area (Å²) in [6, 6.07) is 8.46. The molecule has 0 bridgehead atoms. The first kappa shape index (κ1) is 14.5. The number of benzene rings is 2. The summed E-state index contributed by atoms with van der Waals surface area (Å²) in [6.07, 6.45) is -2.63. The molecular weight excluding hydrogens is 289 g/mol. The van der Waals surface area contributed by atoms with Crippen LogP contribution in [0.15, 0.2) is 36.4 Å². The summed E-state index contributed by atoms with van der Waals surface area (Å²) in [7, 11) is 0. The van der Waals surface area contributed by atoms with Crippen molar-refractivity contribution in [2.75, 3.05) is 11.1 Å². The van der Waals surface area contributed by atoms with Crippen LogP contribution >= 0.6 is 11.6 Å². The summed E-state index contributed by atoms with van der Waals surface area (Å²) in [5.41, 5.74) is 6.57. The fourth-order valence-corrected chi connectivity index (χ4v) is 1.97. The number of nitrogens with one attached hydrogen (secondary N) is 1. The maximum Gasteiger partial charge on any atom is 0.265 e. The molecule has 0 aliphatic carbocycles. The van der Waals surface area contributed by atoms with Gasteiger partial charge in [-0.05, 0) is 35.9 Å². The van der Waals surface area contributed by atoms with Gasteiger partial charge >= 0.3 is 0 Å². The van der Waals surface area contributed by atoms with Crippen LogP contribution in [0.5, 0.6) is 0 Å². The van der Waals surface area contributed by atoms with Crippen molar-refractivity contribution in [2.24, 2.45) is 0 Å². The van der Waals surface area contributed by atoms with Crippen LogP contribution in [0, 0.1) is 5.82 Å². The molecule has 0 radical (unpaired) electrons. The lowest BCUT2D eigenvalue weighted by Gasteiger charge is -2.12. The van der Waals surface area contributed by atoms with E-state index in [4.69, 9.17) is 17.3 Å². The smallest absolute Gasteiger partial charge is 0.265 e. The van der Waals surface area contributed by atoms with Crippen LogP contribution in [0.2, 0.25) is 5.02 Å². The molecule has 0 atom stereocenters. The number of halogens is 4. The highest BCUT2D eigenvalue weighted by Gasteiger charge is 2.13. The predicted octanol–water partition coefficient (Wildman–Crippen LogP) is 4.61. The summed E-state index contributed by atoms with van der Waals surface area (Å²) in [5, 5.41) is 2.86. The Kier molecular flexibility index (Phi) is 4.39. The third-order valence-electron chi connectivity index (χ3n) is 2.78. The fraction of sp³-hybridized carbons (Fsp3) is 0.143. The molecule has 0 aromatic heterocycles. The van der Waals surface area contributed by atoms with Crippen molar-refractivity contribution in [1.82, 2.24) is 0 Å². The largest absolute Gasteiger partial charge is 0.399 e. The van der Waals surface area contributed by atoms with E-state index in [0.29, 0.717) is 5.56 Å². The summed E-state index contributed by atoms with van der Waals surface area (Å²) < 4.78 is 38.8. The lowest BCUT2D eigenvalue weighted by Crippen LogP contribution is -2.04. The lowest BCUT2D eigenvalue weighted by atomic mass is 10.1. The van der Waals surface area contributed by atoms with Crippen LogP contribution in [-0.4, -0.2) is 0 Å². The van der Waals surface area contributed by atoms with Crippen LogP contribution in [0.3, 0.4) is 0 Å². The Morgan fingerprint density at radius 1 is 1.15 bits per heavy atom. The van der Waals surface area contributed by atoms with E-state index in [-0.39, 0.29) is 28.5 Å². The van der Waals surface area contributed by atoms with Gasteiger partial charge in [-0.1, -0.05) is 17.7 Å². The molecule has 0 saturated heterocycles. The van der Waals surface area contributed by atoms with Gasteiger partial charge in [-0.2, -0.15) is 0 Å². The molecular formula is C14H12ClF3N2. The number of alkyl halides is 2. The van der Waals surface area contributed by atoms with Gasteiger partial charge in [0.2, 0.25) is 0 Å². The Labute approximate surface area is 119 Å². The van der Waals surface area contributed by atoms with E-state index in [9.17, 15) is 13.2 Å². The average molecular weight is 301 g/mol. The molecule has 0 saturated carbocycles. The highest BCUT2D eigenvalue weighted by molar-refractivity contribution is 6.30. The molecule has 0 aliphatic rings. The van der Waals surface area contributed by atoms with Gasteiger partial charge in [-0.25, -0.2) is 13.2 Å². The first-order valence-corrected chi connectivity index (χ1v) is 6.20.